The van der Waals surface area contributed by atoms with Crippen molar-refractivity contribution < 1.29 is 14.3 Å². The second kappa shape index (κ2) is 10.1. The maximum absolute atomic E-state index is 12.9. The highest BCUT2D eigenvalue weighted by Crippen LogP contribution is 2.55. The molecule has 180 valence electrons. The van der Waals surface area contributed by atoms with Gasteiger partial charge in [0.2, 0.25) is 5.91 Å². The van der Waals surface area contributed by atoms with E-state index < -0.39 is 0 Å². The van der Waals surface area contributed by atoms with E-state index in [1.807, 2.05) is 48.5 Å². The predicted molar refractivity (Wildman–Crippen MR) is 135 cm³/mol. The molecule has 4 aliphatic rings. The Labute approximate surface area is 206 Å². The lowest BCUT2D eigenvalue weighted by Gasteiger charge is -2.56. The average Bonchev–Trinajstić information content (AvgIpc) is 2.81. The molecule has 0 radical (unpaired) electrons. The molecule has 4 saturated carbocycles. The third-order valence-electron chi connectivity index (χ3n) is 7.69. The Morgan fingerprint density at radius 1 is 0.971 bits per heavy atom. The molecule has 6 heteroatoms. The first-order valence-electron chi connectivity index (χ1n) is 12.4. The lowest BCUT2D eigenvalue weighted by molar-refractivity contribution is -0.124. The molecule has 0 aliphatic heterocycles. The number of rotatable bonds is 9. The summed E-state index contributed by atoms with van der Waals surface area (Å²) >= 11 is 1.45. The van der Waals surface area contributed by atoms with E-state index in [2.05, 4.69) is 10.6 Å². The van der Waals surface area contributed by atoms with E-state index in [9.17, 15) is 9.59 Å². The number of benzene rings is 2. The molecule has 0 heterocycles. The van der Waals surface area contributed by atoms with Gasteiger partial charge in [0.25, 0.3) is 5.91 Å². The van der Waals surface area contributed by atoms with Crippen molar-refractivity contribution in [3.63, 3.8) is 0 Å². The molecule has 2 amide bonds. The normalized spacial score (nSPS) is 26.9. The van der Waals surface area contributed by atoms with E-state index in [4.69, 9.17) is 4.74 Å². The van der Waals surface area contributed by atoms with E-state index in [1.165, 1.54) is 31.0 Å². The molecule has 0 atom stereocenters. The smallest absolute Gasteiger partial charge is 0.252 e. The van der Waals surface area contributed by atoms with Crippen molar-refractivity contribution >= 4 is 23.6 Å². The van der Waals surface area contributed by atoms with Crippen LogP contribution in [0.15, 0.2) is 53.4 Å². The first kappa shape index (κ1) is 23.4. The summed E-state index contributed by atoms with van der Waals surface area (Å²) in [6, 6.07) is 15.6. The molecular weight excluding hydrogens is 444 g/mol. The summed E-state index contributed by atoms with van der Waals surface area (Å²) in [4.78, 5) is 26.7. The van der Waals surface area contributed by atoms with Gasteiger partial charge in [-0.2, -0.15) is 0 Å². The van der Waals surface area contributed by atoms with E-state index in [0.717, 1.165) is 53.0 Å². The standard InChI is InChI=1S/C28H34N2O3S/c1-33-17-20-6-4-5-19(9-20)16-29-27(32)24-7-2-3-8-25(24)34-18-26(31)30-28-13-21-10-22(14-28)12-23(11-21)15-28/h2-9,21-23H,10-18H2,1H3,(H,29,32)(H,30,31). The van der Waals surface area contributed by atoms with Gasteiger partial charge < -0.3 is 15.4 Å². The number of ether oxygens (including phenoxy) is 1. The lowest BCUT2D eigenvalue weighted by atomic mass is 9.53. The van der Waals surface area contributed by atoms with Gasteiger partial charge in [0, 0.05) is 24.1 Å². The Hall–Kier alpha value is -2.31. The zero-order valence-electron chi connectivity index (χ0n) is 19.8. The molecule has 2 N–H and O–H groups in total. The molecule has 0 spiro atoms. The maximum atomic E-state index is 12.9. The third kappa shape index (κ3) is 5.33. The summed E-state index contributed by atoms with van der Waals surface area (Å²) in [7, 11) is 1.67. The fourth-order valence-corrected chi connectivity index (χ4v) is 7.64. The molecule has 5 nitrogen and oxygen atoms in total. The van der Waals surface area contributed by atoms with Crippen molar-refractivity contribution in [3.05, 3.63) is 65.2 Å². The number of carbonyl (C=O) groups is 2. The number of carbonyl (C=O) groups excluding carboxylic acids is 2. The molecule has 2 aromatic carbocycles. The first-order valence-corrected chi connectivity index (χ1v) is 13.4. The number of thioether (sulfide) groups is 1. The fraction of sp³-hybridized carbons (Fsp3) is 0.500. The second-order valence-electron chi connectivity index (χ2n) is 10.5. The third-order valence-corrected chi connectivity index (χ3v) is 8.76. The van der Waals surface area contributed by atoms with Crippen LogP contribution in [0.2, 0.25) is 0 Å². The minimum Gasteiger partial charge on any atom is -0.380 e. The minimum atomic E-state index is -0.123. The number of hydrogen-bond donors (Lipinski definition) is 2. The highest BCUT2D eigenvalue weighted by atomic mass is 32.2. The van der Waals surface area contributed by atoms with E-state index in [1.54, 1.807) is 7.11 Å². The minimum absolute atomic E-state index is 0.0284. The van der Waals surface area contributed by atoms with Crippen molar-refractivity contribution in [1.29, 1.82) is 0 Å². The lowest BCUT2D eigenvalue weighted by Crippen LogP contribution is -2.60. The molecule has 4 bridgehead atoms. The van der Waals surface area contributed by atoms with Gasteiger partial charge >= 0.3 is 0 Å². The molecule has 2 aromatic rings. The van der Waals surface area contributed by atoms with Gasteiger partial charge in [-0.25, -0.2) is 0 Å². The Morgan fingerprint density at radius 3 is 2.35 bits per heavy atom. The molecule has 0 aromatic heterocycles. The van der Waals surface area contributed by atoms with Crippen molar-refractivity contribution in [1.82, 2.24) is 10.6 Å². The number of hydrogen-bond acceptors (Lipinski definition) is 4. The van der Waals surface area contributed by atoms with Crippen LogP contribution in [0.1, 0.15) is 60.0 Å². The van der Waals surface area contributed by atoms with Crippen LogP contribution >= 0.6 is 11.8 Å². The van der Waals surface area contributed by atoms with Gasteiger partial charge in [0.05, 0.1) is 17.9 Å². The Bertz CT molecular complexity index is 1020. The summed E-state index contributed by atoms with van der Waals surface area (Å²) in [6.45, 7) is 0.995. The zero-order chi connectivity index (χ0) is 23.5. The van der Waals surface area contributed by atoms with Gasteiger partial charge in [-0.3, -0.25) is 9.59 Å². The van der Waals surface area contributed by atoms with Crippen LogP contribution in [0.3, 0.4) is 0 Å². The van der Waals surface area contributed by atoms with Crippen molar-refractivity contribution in [2.75, 3.05) is 12.9 Å². The summed E-state index contributed by atoms with van der Waals surface area (Å²) in [5, 5.41) is 6.46. The van der Waals surface area contributed by atoms with E-state index >= 15 is 0 Å². The monoisotopic (exact) mass is 478 g/mol. The van der Waals surface area contributed by atoms with Crippen LogP contribution in [0, 0.1) is 17.8 Å². The Balaban J connectivity index is 1.17. The molecule has 4 aliphatic carbocycles. The summed E-state index contributed by atoms with van der Waals surface area (Å²) in [5.74, 6) is 2.72. The Kier molecular flexibility index (Phi) is 6.98. The molecule has 4 fully saturated rings. The summed E-state index contributed by atoms with van der Waals surface area (Å²) in [5.41, 5.74) is 2.75. The average molecular weight is 479 g/mol. The Morgan fingerprint density at radius 2 is 1.65 bits per heavy atom. The van der Waals surface area contributed by atoms with Gasteiger partial charge in [0.1, 0.15) is 0 Å². The molecular formula is C28H34N2O3S. The summed E-state index contributed by atoms with van der Waals surface area (Å²) in [6.07, 6.45) is 7.55. The predicted octanol–water partition coefficient (Wildman–Crippen LogP) is 4.94. The molecule has 0 saturated heterocycles. The maximum Gasteiger partial charge on any atom is 0.252 e. The van der Waals surface area contributed by atoms with Gasteiger partial charge in [-0.05, 0) is 79.5 Å². The quantitative estimate of drug-likeness (QED) is 0.501. The van der Waals surface area contributed by atoms with Gasteiger partial charge in [-0.15, -0.1) is 11.8 Å². The van der Waals surface area contributed by atoms with Gasteiger partial charge in [-0.1, -0.05) is 36.4 Å². The molecule has 6 rings (SSSR count). The van der Waals surface area contributed by atoms with Crippen molar-refractivity contribution in [2.45, 2.75) is 62.1 Å². The van der Waals surface area contributed by atoms with Crippen LogP contribution < -0.4 is 10.6 Å². The number of nitrogens with one attached hydrogen (secondary N) is 2. The van der Waals surface area contributed by atoms with Crippen LogP contribution in [0.5, 0.6) is 0 Å². The van der Waals surface area contributed by atoms with Crippen LogP contribution in [0.25, 0.3) is 0 Å². The topological polar surface area (TPSA) is 67.4 Å². The van der Waals surface area contributed by atoms with E-state index in [0.29, 0.717) is 24.5 Å². The van der Waals surface area contributed by atoms with Crippen LogP contribution in [0.4, 0.5) is 0 Å². The zero-order valence-corrected chi connectivity index (χ0v) is 20.7. The van der Waals surface area contributed by atoms with Crippen LogP contribution in [-0.4, -0.2) is 30.2 Å². The fourth-order valence-electron chi connectivity index (χ4n) is 6.79. The van der Waals surface area contributed by atoms with Gasteiger partial charge in [0.15, 0.2) is 0 Å². The SMILES string of the molecule is COCc1cccc(CNC(=O)c2ccccc2SCC(=O)NC23CC4CC(CC(C4)C2)C3)c1. The highest BCUT2D eigenvalue weighted by Gasteiger charge is 2.51. The molecule has 0 unspecified atom stereocenters. The van der Waals surface area contributed by atoms with Crippen LogP contribution in [-0.2, 0) is 22.7 Å². The number of amides is 2. The van der Waals surface area contributed by atoms with Crippen molar-refractivity contribution in [2.24, 2.45) is 17.8 Å². The van der Waals surface area contributed by atoms with Crippen molar-refractivity contribution in [3.8, 4) is 0 Å². The van der Waals surface area contributed by atoms with E-state index in [-0.39, 0.29) is 17.4 Å². The molecule has 34 heavy (non-hydrogen) atoms. The first-order chi connectivity index (χ1) is 16.5. The summed E-state index contributed by atoms with van der Waals surface area (Å²) < 4.78 is 5.19. The second-order valence-corrected chi connectivity index (χ2v) is 11.5. The highest BCUT2D eigenvalue weighted by molar-refractivity contribution is 8.00. The number of methoxy groups -OCH3 is 1. The largest absolute Gasteiger partial charge is 0.380 e.